The first-order valence-electron chi connectivity index (χ1n) is 10.1. The lowest BCUT2D eigenvalue weighted by molar-refractivity contribution is -0.123. The number of nitrogens with one attached hydrogen (secondary N) is 2. The third-order valence-electron chi connectivity index (χ3n) is 5.23. The maximum atomic E-state index is 12.3. The molecule has 27 heavy (non-hydrogen) atoms. The highest BCUT2D eigenvalue weighted by Gasteiger charge is 2.29. The normalized spacial score (nSPS) is 18.7. The van der Waals surface area contributed by atoms with Crippen LogP contribution in [0.2, 0.25) is 0 Å². The molecule has 1 aliphatic heterocycles. The summed E-state index contributed by atoms with van der Waals surface area (Å²) in [5.74, 6) is 0.409. The highest BCUT2D eigenvalue weighted by molar-refractivity contribution is 5.81. The minimum absolute atomic E-state index is 0.0431. The first kappa shape index (κ1) is 19.8. The molecule has 1 saturated heterocycles. The van der Waals surface area contributed by atoms with E-state index in [4.69, 9.17) is 4.74 Å². The van der Waals surface area contributed by atoms with Gasteiger partial charge in [-0.25, -0.2) is 0 Å². The molecule has 0 bridgehead atoms. The van der Waals surface area contributed by atoms with Gasteiger partial charge in [0, 0.05) is 38.5 Å². The third kappa shape index (κ3) is 6.33. The second kappa shape index (κ2) is 9.85. The molecule has 1 saturated carbocycles. The summed E-state index contributed by atoms with van der Waals surface area (Å²) in [7, 11) is 0. The Morgan fingerprint density at radius 3 is 2.70 bits per heavy atom. The number of ether oxygens (including phenoxy) is 1. The van der Waals surface area contributed by atoms with E-state index in [1.807, 2.05) is 0 Å². The van der Waals surface area contributed by atoms with Crippen molar-refractivity contribution in [2.24, 2.45) is 5.92 Å². The minimum Gasteiger partial charge on any atom is -0.379 e. The van der Waals surface area contributed by atoms with Crippen LogP contribution in [0.3, 0.4) is 0 Å². The summed E-state index contributed by atoms with van der Waals surface area (Å²) in [6.45, 7) is 6.48. The summed E-state index contributed by atoms with van der Waals surface area (Å²) in [6.07, 6.45) is 3.13. The van der Waals surface area contributed by atoms with Crippen LogP contribution < -0.4 is 10.6 Å². The Labute approximate surface area is 161 Å². The summed E-state index contributed by atoms with van der Waals surface area (Å²) >= 11 is 0. The number of rotatable bonds is 9. The van der Waals surface area contributed by atoms with Gasteiger partial charge in [0.25, 0.3) is 0 Å². The van der Waals surface area contributed by atoms with Crippen molar-refractivity contribution in [2.75, 3.05) is 39.4 Å². The van der Waals surface area contributed by atoms with Crippen LogP contribution in [-0.2, 0) is 14.3 Å². The molecule has 148 valence electrons. The zero-order valence-electron chi connectivity index (χ0n) is 16.2. The summed E-state index contributed by atoms with van der Waals surface area (Å²) in [5, 5.41) is 5.99. The number of hydrogen-bond acceptors (Lipinski definition) is 4. The van der Waals surface area contributed by atoms with Crippen LogP contribution in [0.1, 0.15) is 42.9 Å². The van der Waals surface area contributed by atoms with E-state index in [-0.39, 0.29) is 23.8 Å². The van der Waals surface area contributed by atoms with Gasteiger partial charge in [0.2, 0.25) is 11.8 Å². The van der Waals surface area contributed by atoms with Crippen molar-refractivity contribution in [2.45, 2.75) is 38.6 Å². The summed E-state index contributed by atoms with van der Waals surface area (Å²) < 4.78 is 5.48. The van der Waals surface area contributed by atoms with E-state index in [0.29, 0.717) is 25.9 Å². The van der Waals surface area contributed by atoms with E-state index in [1.54, 1.807) is 0 Å². The molecule has 0 radical (unpaired) electrons. The molecule has 6 nitrogen and oxygen atoms in total. The zero-order valence-corrected chi connectivity index (χ0v) is 16.2. The molecule has 2 N–H and O–H groups in total. The first-order chi connectivity index (χ1) is 13.1. The van der Waals surface area contributed by atoms with Crippen molar-refractivity contribution in [1.29, 1.82) is 0 Å². The SMILES string of the molecule is Cc1cccc(C(CNC(=O)CCCNC(=O)C2CC2)N2CCOCC2)c1. The molecule has 6 heteroatoms. The number of hydrogen-bond donors (Lipinski definition) is 2. The largest absolute Gasteiger partial charge is 0.379 e. The van der Waals surface area contributed by atoms with Gasteiger partial charge in [0.1, 0.15) is 0 Å². The lowest BCUT2D eigenvalue weighted by Crippen LogP contribution is -2.43. The maximum absolute atomic E-state index is 12.3. The molecule has 0 aromatic heterocycles. The van der Waals surface area contributed by atoms with Crippen LogP contribution in [0.4, 0.5) is 0 Å². The van der Waals surface area contributed by atoms with Gasteiger partial charge in [-0.05, 0) is 31.7 Å². The van der Waals surface area contributed by atoms with Gasteiger partial charge in [-0.15, -0.1) is 0 Å². The van der Waals surface area contributed by atoms with Crippen LogP contribution in [0.25, 0.3) is 0 Å². The summed E-state index contributed by atoms with van der Waals surface area (Å²) in [6, 6.07) is 8.65. The van der Waals surface area contributed by atoms with Crippen LogP contribution in [-0.4, -0.2) is 56.1 Å². The number of morpholine rings is 1. The van der Waals surface area contributed by atoms with Crippen molar-refractivity contribution in [3.63, 3.8) is 0 Å². The van der Waals surface area contributed by atoms with Crippen molar-refractivity contribution >= 4 is 11.8 Å². The second-order valence-corrected chi connectivity index (χ2v) is 7.55. The predicted octanol–water partition coefficient (Wildman–Crippen LogP) is 1.79. The molecule has 2 amide bonds. The molecular weight excluding hydrogens is 342 g/mol. The average Bonchev–Trinajstić information content (AvgIpc) is 3.51. The smallest absolute Gasteiger partial charge is 0.223 e. The summed E-state index contributed by atoms with van der Waals surface area (Å²) in [5.41, 5.74) is 2.46. The molecule has 0 spiro atoms. The van der Waals surface area contributed by atoms with E-state index in [2.05, 4.69) is 46.7 Å². The second-order valence-electron chi connectivity index (χ2n) is 7.55. The Morgan fingerprint density at radius 2 is 2.00 bits per heavy atom. The fraction of sp³-hybridized carbons (Fsp3) is 0.619. The number of amides is 2. The number of nitrogens with zero attached hydrogens (tertiary/aromatic N) is 1. The molecule has 1 unspecified atom stereocenters. The third-order valence-corrected chi connectivity index (χ3v) is 5.23. The van der Waals surface area contributed by atoms with Crippen LogP contribution in [0.5, 0.6) is 0 Å². The Kier molecular flexibility index (Phi) is 7.24. The molecule has 1 heterocycles. The molecule has 1 aliphatic carbocycles. The van der Waals surface area contributed by atoms with Crippen LogP contribution >= 0.6 is 0 Å². The van der Waals surface area contributed by atoms with Gasteiger partial charge in [-0.2, -0.15) is 0 Å². The van der Waals surface area contributed by atoms with Crippen molar-refractivity contribution in [3.8, 4) is 0 Å². The monoisotopic (exact) mass is 373 g/mol. The predicted molar refractivity (Wildman–Crippen MR) is 104 cm³/mol. The molecule has 2 aliphatic rings. The van der Waals surface area contributed by atoms with E-state index in [9.17, 15) is 9.59 Å². The van der Waals surface area contributed by atoms with Gasteiger partial charge < -0.3 is 15.4 Å². The Morgan fingerprint density at radius 1 is 1.22 bits per heavy atom. The van der Waals surface area contributed by atoms with Crippen molar-refractivity contribution in [3.05, 3.63) is 35.4 Å². The van der Waals surface area contributed by atoms with Crippen molar-refractivity contribution in [1.82, 2.24) is 15.5 Å². The number of aryl methyl sites for hydroxylation is 1. The lowest BCUT2D eigenvalue weighted by atomic mass is 10.0. The first-order valence-corrected chi connectivity index (χ1v) is 10.1. The topological polar surface area (TPSA) is 70.7 Å². The molecule has 1 aromatic rings. The quantitative estimate of drug-likeness (QED) is 0.648. The average molecular weight is 373 g/mol. The fourth-order valence-corrected chi connectivity index (χ4v) is 3.47. The molecule has 1 atom stereocenters. The number of carbonyl (C=O) groups excluding carboxylic acids is 2. The molecule has 2 fully saturated rings. The Balaban J connectivity index is 1.46. The minimum atomic E-state index is 0.0431. The van der Waals surface area contributed by atoms with Gasteiger partial charge in [-0.1, -0.05) is 29.8 Å². The zero-order chi connectivity index (χ0) is 19.1. The van der Waals surface area contributed by atoms with Gasteiger partial charge in [0.05, 0.1) is 19.3 Å². The molecule has 3 rings (SSSR count). The lowest BCUT2D eigenvalue weighted by Gasteiger charge is -2.35. The van der Waals surface area contributed by atoms with E-state index in [0.717, 1.165) is 39.1 Å². The Hall–Kier alpha value is -1.92. The standard InChI is InChI=1S/C21H31N3O3/c1-16-4-2-5-18(14-16)19(24-10-12-27-13-11-24)15-23-20(25)6-3-9-22-21(26)17-7-8-17/h2,4-5,14,17,19H,3,6-13,15H2,1H3,(H,22,26)(H,23,25). The number of benzene rings is 1. The molecule has 1 aromatic carbocycles. The highest BCUT2D eigenvalue weighted by atomic mass is 16.5. The number of carbonyl (C=O) groups is 2. The van der Waals surface area contributed by atoms with Gasteiger partial charge in [0.15, 0.2) is 0 Å². The van der Waals surface area contributed by atoms with E-state index in [1.165, 1.54) is 11.1 Å². The Bertz CT molecular complexity index is 639. The van der Waals surface area contributed by atoms with E-state index < -0.39 is 0 Å². The van der Waals surface area contributed by atoms with Crippen LogP contribution in [0, 0.1) is 12.8 Å². The summed E-state index contributed by atoms with van der Waals surface area (Å²) in [4.78, 5) is 26.2. The van der Waals surface area contributed by atoms with Gasteiger partial charge >= 0.3 is 0 Å². The maximum Gasteiger partial charge on any atom is 0.223 e. The van der Waals surface area contributed by atoms with Crippen LogP contribution in [0.15, 0.2) is 24.3 Å². The molecular formula is C21H31N3O3. The fourth-order valence-electron chi connectivity index (χ4n) is 3.47. The van der Waals surface area contributed by atoms with Crippen molar-refractivity contribution < 1.29 is 14.3 Å². The van der Waals surface area contributed by atoms with Gasteiger partial charge in [-0.3, -0.25) is 14.5 Å². The highest BCUT2D eigenvalue weighted by Crippen LogP contribution is 2.28. The van der Waals surface area contributed by atoms with E-state index >= 15 is 0 Å².